The van der Waals surface area contributed by atoms with Crippen molar-refractivity contribution in [1.29, 1.82) is 0 Å². The highest BCUT2D eigenvalue weighted by molar-refractivity contribution is 5.73. The van der Waals surface area contributed by atoms with Crippen LogP contribution in [0.1, 0.15) is 72.5 Å². The Labute approximate surface area is 171 Å². The van der Waals surface area contributed by atoms with Gasteiger partial charge in [-0.15, -0.1) is 0 Å². The van der Waals surface area contributed by atoms with E-state index in [-0.39, 0.29) is 6.54 Å². The molecule has 0 aromatic rings. The lowest BCUT2D eigenvalue weighted by Crippen LogP contribution is -2.51. The number of nitrogens with one attached hydrogen (secondary N) is 1. The third-order valence-electron chi connectivity index (χ3n) is 4.83. The zero-order chi connectivity index (χ0) is 22.1. The van der Waals surface area contributed by atoms with Crippen LogP contribution in [0.15, 0.2) is 0 Å². The Bertz CT molecular complexity index is 405. The maximum absolute atomic E-state index is 12.1. The van der Waals surface area contributed by atoms with E-state index in [1.165, 1.54) is 44.9 Å². The van der Waals surface area contributed by atoms with Crippen LogP contribution in [0.3, 0.4) is 0 Å². The molecule has 0 bridgehead atoms. The quantitative estimate of drug-likeness (QED) is 0.199. The van der Waals surface area contributed by atoms with Crippen LogP contribution in [0.2, 0.25) is 0 Å². The Kier molecular flexibility index (Phi) is 15.2. The summed E-state index contributed by atoms with van der Waals surface area (Å²) >= 11 is 0. The molecule has 0 aromatic heterocycles. The van der Waals surface area contributed by atoms with Crippen LogP contribution in [0, 0.1) is 0 Å². The van der Waals surface area contributed by atoms with Crippen molar-refractivity contribution in [2.24, 2.45) is 0 Å². The third-order valence-corrected chi connectivity index (χ3v) is 4.83. The van der Waals surface area contributed by atoms with E-state index in [1.807, 2.05) is 0 Å². The lowest BCUT2D eigenvalue weighted by molar-refractivity contribution is -0.117. The van der Waals surface area contributed by atoms with E-state index in [0.717, 1.165) is 24.2 Å². The van der Waals surface area contributed by atoms with E-state index in [4.69, 9.17) is 6.48 Å². The van der Waals surface area contributed by atoms with Gasteiger partial charge in [0, 0.05) is 14.9 Å². The number of likely N-dealkylation sites (N-methyl/N-ethyl adjacent to an activating group) is 1. The molecule has 0 aliphatic rings. The topological polar surface area (TPSA) is 133 Å². The van der Waals surface area contributed by atoms with Crippen molar-refractivity contribution < 1.29 is 31.7 Å². The predicted molar refractivity (Wildman–Crippen MR) is 109 cm³/mol. The molecule has 0 saturated heterocycles. The molecular weight excluding hydrogens is 364 g/mol. The smallest absolute Gasteiger partial charge is 0.317 e. The SMILES string of the molecule is [2H]CN(C[C@H](O)[C@@H](O)[C@H](O)[C@H](O)CO)C(=O)NCCCCCCCCCCCC. The van der Waals surface area contributed by atoms with E-state index < -0.39 is 44.1 Å². The summed E-state index contributed by atoms with van der Waals surface area (Å²) in [5.41, 5.74) is 0. The van der Waals surface area contributed by atoms with Crippen molar-refractivity contribution in [1.82, 2.24) is 10.2 Å². The lowest BCUT2D eigenvalue weighted by atomic mass is 10.0. The zero-order valence-corrected chi connectivity index (χ0v) is 17.3. The van der Waals surface area contributed by atoms with Gasteiger partial charge < -0.3 is 35.7 Å². The molecule has 0 aromatic carbocycles. The molecule has 0 radical (unpaired) electrons. The van der Waals surface area contributed by atoms with Gasteiger partial charge in [-0.2, -0.15) is 0 Å². The second kappa shape index (κ2) is 17.0. The first-order valence-corrected chi connectivity index (χ1v) is 10.5. The summed E-state index contributed by atoms with van der Waals surface area (Å²) in [4.78, 5) is 13.1. The second-order valence-corrected chi connectivity index (χ2v) is 7.43. The van der Waals surface area contributed by atoms with Gasteiger partial charge in [0.1, 0.15) is 24.4 Å². The van der Waals surface area contributed by atoms with E-state index in [1.54, 1.807) is 0 Å². The molecule has 0 rings (SSSR count). The molecular formula is C20H42N2O6. The average Bonchev–Trinajstić information content (AvgIpc) is 2.73. The first kappa shape index (κ1) is 25.1. The summed E-state index contributed by atoms with van der Waals surface area (Å²) in [6, 6.07) is -0.528. The van der Waals surface area contributed by atoms with Gasteiger partial charge in [-0.05, 0) is 6.42 Å². The second-order valence-electron chi connectivity index (χ2n) is 7.43. The van der Waals surface area contributed by atoms with Crippen LogP contribution in [0.4, 0.5) is 4.79 Å². The largest absolute Gasteiger partial charge is 0.394 e. The summed E-state index contributed by atoms with van der Waals surface area (Å²) in [7, 11) is -0.424. The Morgan fingerprint density at radius 2 is 1.39 bits per heavy atom. The molecule has 0 aliphatic heterocycles. The first-order valence-electron chi connectivity index (χ1n) is 11.2. The average molecular weight is 408 g/mol. The van der Waals surface area contributed by atoms with Gasteiger partial charge in [-0.3, -0.25) is 0 Å². The van der Waals surface area contributed by atoms with E-state index in [0.29, 0.717) is 6.54 Å². The number of amides is 2. The summed E-state index contributed by atoms with van der Waals surface area (Å²) in [6.45, 7) is 1.54. The molecule has 6 N–H and O–H groups in total. The molecule has 0 aliphatic carbocycles. The minimum Gasteiger partial charge on any atom is -0.394 e. The fourth-order valence-electron chi connectivity index (χ4n) is 2.90. The Hall–Kier alpha value is -0.930. The van der Waals surface area contributed by atoms with Crippen LogP contribution < -0.4 is 5.32 Å². The molecule has 0 unspecified atom stereocenters. The van der Waals surface area contributed by atoms with Gasteiger partial charge in [0.15, 0.2) is 0 Å². The molecule has 0 fully saturated rings. The summed E-state index contributed by atoms with van der Waals surface area (Å²) in [5.74, 6) is 0. The van der Waals surface area contributed by atoms with Crippen LogP contribution >= 0.6 is 0 Å². The molecule has 28 heavy (non-hydrogen) atoms. The number of carbonyl (C=O) groups is 1. The van der Waals surface area contributed by atoms with Crippen molar-refractivity contribution in [3.63, 3.8) is 0 Å². The fourth-order valence-corrected chi connectivity index (χ4v) is 2.90. The predicted octanol–water partition coefficient (Wildman–Crippen LogP) is 0.985. The van der Waals surface area contributed by atoms with Gasteiger partial charge in [0.25, 0.3) is 0 Å². The molecule has 8 heteroatoms. The first-order chi connectivity index (χ1) is 13.9. The molecule has 0 spiro atoms. The highest BCUT2D eigenvalue weighted by atomic mass is 16.4. The lowest BCUT2D eigenvalue weighted by Gasteiger charge is -2.28. The Balaban J connectivity index is 3.94. The van der Waals surface area contributed by atoms with Gasteiger partial charge in [-0.25, -0.2) is 4.79 Å². The van der Waals surface area contributed by atoms with Crippen molar-refractivity contribution in [2.45, 2.75) is 95.5 Å². The molecule has 0 saturated carbocycles. The van der Waals surface area contributed by atoms with Crippen LogP contribution in [-0.4, -0.2) is 87.6 Å². The van der Waals surface area contributed by atoms with E-state index >= 15 is 0 Å². The van der Waals surface area contributed by atoms with Crippen molar-refractivity contribution >= 4 is 6.03 Å². The van der Waals surface area contributed by atoms with Crippen LogP contribution in [-0.2, 0) is 0 Å². The van der Waals surface area contributed by atoms with E-state index in [2.05, 4.69) is 12.2 Å². The number of aliphatic hydroxyl groups is 5. The molecule has 0 heterocycles. The maximum atomic E-state index is 12.1. The fraction of sp³-hybridized carbons (Fsp3) is 0.950. The Morgan fingerprint density at radius 3 is 1.89 bits per heavy atom. The standard InChI is InChI=1S/C20H42N2O6/c1-3-4-5-6-7-8-9-10-11-12-13-21-20(28)22(2)14-16(24)18(26)19(27)17(25)15-23/h16-19,23-27H,3-15H2,1-2H3,(H,21,28)/t16-,17+,18+,19+/m0/s1/i2D. The minimum atomic E-state index is -1.75. The number of hydrogen-bond donors (Lipinski definition) is 6. The number of urea groups is 1. The summed E-state index contributed by atoms with van der Waals surface area (Å²) in [6.07, 6.45) is 5.26. The minimum absolute atomic E-state index is 0.371. The van der Waals surface area contributed by atoms with Crippen LogP contribution in [0.25, 0.3) is 0 Å². The number of nitrogens with zero attached hydrogens (tertiary/aromatic N) is 1. The number of hydrogen-bond acceptors (Lipinski definition) is 6. The Morgan fingerprint density at radius 1 is 0.893 bits per heavy atom. The summed E-state index contributed by atoms with van der Waals surface area (Å²) in [5, 5.41) is 50.1. The van der Waals surface area contributed by atoms with Gasteiger partial charge >= 0.3 is 6.03 Å². The maximum Gasteiger partial charge on any atom is 0.317 e. The number of aliphatic hydroxyl groups excluding tert-OH is 5. The normalized spacial score (nSPS) is 16.1. The third kappa shape index (κ3) is 12.5. The zero-order valence-electron chi connectivity index (χ0n) is 18.3. The highest BCUT2D eigenvalue weighted by Gasteiger charge is 2.31. The highest BCUT2D eigenvalue weighted by Crippen LogP contribution is 2.10. The molecule has 8 nitrogen and oxygen atoms in total. The van der Waals surface area contributed by atoms with Gasteiger partial charge in [0.2, 0.25) is 0 Å². The van der Waals surface area contributed by atoms with Gasteiger partial charge in [-0.1, -0.05) is 64.7 Å². The van der Waals surface area contributed by atoms with Crippen LogP contribution in [0.5, 0.6) is 0 Å². The van der Waals surface area contributed by atoms with Crippen molar-refractivity contribution in [3.8, 4) is 0 Å². The van der Waals surface area contributed by atoms with Crippen molar-refractivity contribution in [2.75, 3.05) is 26.7 Å². The molecule has 2 amide bonds. The van der Waals surface area contributed by atoms with Crippen molar-refractivity contribution in [3.05, 3.63) is 0 Å². The summed E-state index contributed by atoms with van der Waals surface area (Å²) < 4.78 is 7.43. The molecule has 168 valence electrons. The number of rotatable bonds is 17. The monoisotopic (exact) mass is 407 g/mol. The van der Waals surface area contributed by atoms with E-state index in [9.17, 15) is 25.2 Å². The number of carbonyl (C=O) groups excluding carboxylic acids is 1. The van der Waals surface area contributed by atoms with Gasteiger partial charge in [0.05, 0.1) is 13.2 Å². The number of unbranched alkanes of at least 4 members (excludes halogenated alkanes) is 9. The molecule has 4 atom stereocenters.